The van der Waals surface area contributed by atoms with Gasteiger partial charge in [-0.05, 0) is 48.3 Å². The number of carbonyl (C=O) groups is 1. The van der Waals surface area contributed by atoms with E-state index in [-0.39, 0.29) is 11.8 Å². The van der Waals surface area contributed by atoms with Gasteiger partial charge in [0.1, 0.15) is 0 Å². The number of rotatable bonds is 6. The summed E-state index contributed by atoms with van der Waals surface area (Å²) in [5.41, 5.74) is 2.57. The number of anilines is 1. The van der Waals surface area contributed by atoms with Crippen LogP contribution in [0.4, 0.5) is 5.95 Å². The summed E-state index contributed by atoms with van der Waals surface area (Å²) in [6, 6.07) is 10.4. The second-order valence-electron chi connectivity index (χ2n) is 9.44. The Kier molecular flexibility index (Phi) is 7.17. The summed E-state index contributed by atoms with van der Waals surface area (Å²) in [7, 11) is 0. The molecule has 0 bridgehead atoms. The number of nitrogens with zero attached hydrogens (tertiary/aromatic N) is 4. The summed E-state index contributed by atoms with van der Waals surface area (Å²) in [6.07, 6.45) is 6.54. The Labute approximate surface area is 186 Å². The number of aromatic nitrogens is 2. The van der Waals surface area contributed by atoms with Gasteiger partial charge in [-0.2, -0.15) is 0 Å². The molecule has 0 spiro atoms. The molecule has 1 aromatic carbocycles. The Morgan fingerprint density at radius 2 is 1.65 bits per heavy atom. The van der Waals surface area contributed by atoms with Gasteiger partial charge in [0, 0.05) is 57.6 Å². The van der Waals surface area contributed by atoms with Crippen LogP contribution in [0.3, 0.4) is 0 Å². The minimum atomic E-state index is 0.0657. The third kappa shape index (κ3) is 5.82. The first-order chi connectivity index (χ1) is 15.1. The molecule has 166 valence electrons. The summed E-state index contributed by atoms with van der Waals surface area (Å²) in [5, 5.41) is 3.21. The van der Waals surface area contributed by atoms with Crippen LogP contribution in [0.5, 0.6) is 0 Å². The van der Waals surface area contributed by atoms with E-state index in [0.717, 1.165) is 63.3 Å². The fraction of sp³-hybridized carbons (Fsp3) is 0.560. The maximum absolute atomic E-state index is 12.8. The first kappa shape index (κ1) is 21.8. The summed E-state index contributed by atoms with van der Waals surface area (Å²) >= 11 is 0. The molecular formula is C25H35N5O. The van der Waals surface area contributed by atoms with Crippen molar-refractivity contribution in [3.8, 4) is 0 Å². The Bertz CT molecular complexity index is 840. The van der Waals surface area contributed by atoms with Crippen molar-refractivity contribution < 1.29 is 4.79 Å². The summed E-state index contributed by atoms with van der Waals surface area (Å²) in [5.74, 6) is 2.50. The second-order valence-corrected chi connectivity index (χ2v) is 9.44. The summed E-state index contributed by atoms with van der Waals surface area (Å²) in [6.45, 7) is 10.2. The highest BCUT2D eigenvalue weighted by Gasteiger charge is 2.26. The molecule has 0 aliphatic carbocycles. The third-order valence-corrected chi connectivity index (χ3v) is 6.61. The van der Waals surface area contributed by atoms with E-state index in [4.69, 9.17) is 0 Å². The Morgan fingerprint density at radius 1 is 1.00 bits per heavy atom. The van der Waals surface area contributed by atoms with E-state index in [0.29, 0.717) is 6.54 Å². The smallest absolute Gasteiger partial charge is 0.225 e. The van der Waals surface area contributed by atoms with E-state index in [1.165, 1.54) is 17.5 Å². The molecule has 2 fully saturated rings. The zero-order chi connectivity index (χ0) is 21.6. The number of carbonyl (C=O) groups excluding carboxylic acids is 1. The van der Waals surface area contributed by atoms with Crippen LogP contribution in [0.15, 0.2) is 42.7 Å². The number of nitrogens with one attached hydrogen (secondary N) is 1. The normalized spacial score (nSPS) is 23.0. The molecule has 3 heterocycles. The van der Waals surface area contributed by atoms with E-state index in [9.17, 15) is 4.79 Å². The molecule has 31 heavy (non-hydrogen) atoms. The van der Waals surface area contributed by atoms with Crippen LogP contribution in [0.1, 0.15) is 44.2 Å². The van der Waals surface area contributed by atoms with Crippen molar-refractivity contribution in [1.29, 1.82) is 0 Å². The predicted molar refractivity (Wildman–Crippen MR) is 123 cm³/mol. The highest BCUT2D eigenvalue weighted by molar-refractivity contribution is 5.79. The Hall–Kier alpha value is -2.47. The molecule has 6 nitrogen and oxygen atoms in total. The lowest BCUT2D eigenvalue weighted by Crippen LogP contribution is -2.41. The van der Waals surface area contributed by atoms with Crippen LogP contribution in [-0.2, 0) is 17.9 Å². The van der Waals surface area contributed by atoms with Crippen LogP contribution in [0, 0.1) is 17.8 Å². The summed E-state index contributed by atoms with van der Waals surface area (Å²) < 4.78 is 0. The van der Waals surface area contributed by atoms with Gasteiger partial charge in [-0.3, -0.25) is 9.69 Å². The van der Waals surface area contributed by atoms with Gasteiger partial charge in [0.05, 0.1) is 0 Å². The monoisotopic (exact) mass is 421 g/mol. The van der Waals surface area contributed by atoms with Crippen LogP contribution in [0.2, 0.25) is 0 Å². The number of benzene rings is 1. The number of hydrogen-bond acceptors (Lipinski definition) is 5. The van der Waals surface area contributed by atoms with Gasteiger partial charge < -0.3 is 10.2 Å². The molecule has 4 rings (SSSR count). The van der Waals surface area contributed by atoms with Gasteiger partial charge in [0.15, 0.2) is 0 Å². The van der Waals surface area contributed by atoms with Crippen molar-refractivity contribution in [3.63, 3.8) is 0 Å². The van der Waals surface area contributed by atoms with Gasteiger partial charge in [-0.25, -0.2) is 9.97 Å². The van der Waals surface area contributed by atoms with E-state index in [1.807, 2.05) is 6.07 Å². The van der Waals surface area contributed by atoms with E-state index < -0.39 is 0 Å². The molecule has 2 saturated heterocycles. The fourth-order valence-corrected chi connectivity index (χ4v) is 5.17. The van der Waals surface area contributed by atoms with Gasteiger partial charge in [-0.15, -0.1) is 0 Å². The highest BCUT2D eigenvalue weighted by Crippen LogP contribution is 2.24. The fourth-order valence-electron chi connectivity index (χ4n) is 5.17. The predicted octanol–water partition coefficient (Wildman–Crippen LogP) is 3.49. The van der Waals surface area contributed by atoms with Crippen LogP contribution in [-0.4, -0.2) is 47.0 Å². The van der Waals surface area contributed by atoms with Crippen molar-refractivity contribution >= 4 is 11.9 Å². The Balaban J connectivity index is 1.29. The van der Waals surface area contributed by atoms with Crippen molar-refractivity contribution in [2.75, 3.05) is 31.1 Å². The van der Waals surface area contributed by atoms with E-state index in [1.54, 1.807) is 12.4 Å². The third-order valence-electron chi connectivity index (χ3n) is 6.61. The molecule has 0 radical (unpaired) electrons. The first-order valence-electron chi connectivity index (χ1n) is 11.7. The molecule has 1 N–H and O–H groups in total. The highest BCUT2D eigenvalue weighted by atomic mass is 16.1. The quantitative estimate of drug-likeness (QED) is 0.774. The molecule has 1 amide bonds. The number of likely N-dealkylation sites (tertiary alicyclic amines) is 1. The summed E-state index contributed by atoms with van der Waals surface area (Å²) in [4.78, 5) is 26.2. The SMILES string of the molecule is CC1CC(C)CN(Cc2ccccc2CNC(=O)C2CCN(c3ncccn3)CC2)C1. The Morgan fingerprint density at radius 3 is 2.32 bits per heavy atom. The lowest BCUT2D eigenvalue weighted by Gasteiger charge is -2.35. The molecule has 2 unspecified atom stereocenters. The maximum Gasteiger partial charge on any atom is 0.225 e. The molecule has 0 saturated carbocycles. The molecular weight excluding hydrogens is 386 g/mol. The van der Waals surface area contributed by atoms with Crippen molar-refractivity contribution in [3.05, 3.63) is 53.9 Å². The molecule has 2 atom stereocenters. The number of amides is 1. The van der Waals surface area contributed by atoms with Gasteiger partial charge in [-0.1, -0.05) is 38.1 Å². The van der Waals surface area contributed by atoms with Crippen molar-refractivity contribution in [2.45, 2.75) is 46.2 Å². The van der Waals surface area contributed by atoms with Gasteiger partial charge in [0.25, 0.3) is 0 Å². The van der Waals surface area contributed by atoms with Crippen LogP contribution < -0.4 is 10.2 Å². The van der Waals surface area contributed by atoms with Crippen LogP contribution in [0.25, 0.3) is 0 Å². The topological polar surface area (TPSA) is 61.4 Å². The lowest BCUT2D eigenvalue weighted by atomic mass is 9.91. The molecule has 6 heteroatoms. The number of hydrogen-bond donors (Lipinski definition) is 1. The molecule has 1 aromatic heterocycles. The molecule has 2 aromatic rings. The van der Waals surface area contributed by atoms with Crippen molar-refractivity contribution in [2.24, 2.45) is 17.8 Å². The minimum Gasteiger partial charge on any atom is -0.352 e. The molecule has 2 aliphatic heterocycles. The lowest BCUT2D eigenvalue weighted by molar-refractivity contribution is -0.125. The first-order valence-corrected chi connectivity index (χ1v) is 11.7. The van der Waals surface area contributed by atoms with Gasteiger partial charge in [0.2, 0.25) is 11.9 Å². The zero-order valence-electron chi connectivity index (χ0n) is 18.8. The minimum absolute atomic E-state index is 0.0657. The average molecular weight is 422 g/mol. The van der Waals surface area contributed by atoms with Gasteiger partial charge >= 0.3 is 0 Å². The zero-order valence-corrected chi connectivity index (χ0v) is 18.8. The maximum atomic E-state index is 12.8. The standard InChI is InChI=1S/C25H35N5O/c1-19-14-20(2)17-29(16-19)18-23-7-4-3-6-22(23)15-28-24(31)21-8-12-30(13-9-21)25-26-10-5-11-27-25/h3-7,10-11,19-21H,8-9,12-18H2,1-2H3,(H,28,31). The van der Waals surface area contributed by atoms with Crippen molar-refractivity contribution in [1.82, 2.24) is 20.2 Å². The van der Waals surface area contributed by atoms with E-state index >= 15 is 0 Å². The van der Waals surface area contributed by atoms with Crippen LogP contribution >= 0.6 is 0 Å². The van der Waals surface area contributed by atoms with E-state index in [2.05, 4.69) is 63.2 Å². The number of piperidine rings is 2. The molecule has 2 aliphatic rings. The largest absolute Gasteiger partial charge is 0.352 e. The second kappa shape index (κ2) is 10.2. The average Bonchev–Trinajstić information content (AvgIpc) is 2.78.